The average molecular weight is 601 g/mol. The molecule has 2 amide bonds. The molecular weight excluding hydrogens is 565 g/mol. The molecule has 2 aromatic rings. The molecule has 0 saturated carbocycles. The zero-order valence-corrected chi connectivity index (χ0v) is 24.9. The van der Waals surface area contributed by atoms with Gasteiger partial charge in [0.05, 0.1) is 11.4 Å². The molecule has 0 bridgehead atoms. The quantitative estimate of drug-likeness (QED) is 0.385. The third-order valence-corrected chi connectivity index (χ3v) is 8.55. The van der Waals surface area contributed by atoms with Gasteiger partial charge in [0.2, 0.25) is 21.8 Å². The Hall–Kier alpha value is -2.69. The standard InChI is InChI=1S/C27H35Cl2N3O6S/c1-5-23(27(34)30-15-18(3)4)31(16-19-7-8-20(28)13-22(19)29)26(33)17-32(39(35,36)6-2)21-9-10-24-25(14-21)38-12-11-37-24/h7-10,13-14,18,23H,5-6,11-12,15-17H2,1-4H3,(H,30,34)/t23-/m1/s1. The second kappa shape index (κ2) is 13.6. The van der Waals surface area contributed by atoms with Gasteiger partial charge < -0.3 is 19.7 Å². The number of nitrogens with one attached hydrogen (secondary N) is 1. The van der Waals surface area contributed by atoms with Crippen LogP contribution in [0.5, 0.6) is 11.5 Å². The van der Waals surface area contributed by atoms with E-state index in [0.717, 1.165) is 4.31 Å². The zero-order chi connectivity index (χ0) is 28.7. The summed E-state index contributed by atoms with van der Waals surface area (Å²) in [5, 5.41) is 3.66. The molecule has 0 saturated heterocycles. The van der Waals surface area contributed by atoms with Crippen molar-refractivity contribution in [3.63, 3.8) is 0 Å². The van der Waals surface area contributed by atoms with Crippen molar-refractivity contribution in [2.75, 3.05) is 36.4 Å². The van der Waals surface area contributed by atoms with E-state index in [-0.39, 0.29) is 29.8 Å². The van der Waals surface area contributed by atoms with Crippen LogP contribution in [-0.4, -0.2) is 63.2 Å². The summed E-state index contributed by atoms with van der Waals surface area (Å²) in [7, 11) is -3.88. The van der Waals surface area contributed by atoms with E-state index in [1.807, 2.05) is 13.8 Å². The number of carbonyl (C=O) groups excluding carboxylic acids is 2. The number of fused-ring (bicyclic) bond motifs is 1. The van der Waals surface area contributed by atoms with Gasteiger partial charge in [-0.2, -0.15) is 0 Å². The molecule has 12 heteroatoms. The minimum absolute atomic E-state index is 0.0103. The zero-order valence-electron chi connectivity index (χ0n) is 22.6. The van der Waals surface area contributed by atoms with Gasteiger partial charge in [-0.15, -0.1) is 0 Å². The van der Waals surface area contributed by atoms with Crippen molar-refractivity contribution in [2.24, 2.45) is 5.92 Å². The monoisotopic (exact) mass is 599 g/mol. The van der Waals surface area contributed by atoms with Gasteiger partial charge in [-0.1, -0.05) is 50.0 Å². The van der Waals surface area contributed by atoms with Crippen LogP contribution in [0.2, 0.25) is 10.0 Å². The molecule has 1 N–H and O–H groups in total. The fourth-order valence-electron chi connectivity index (χ4n) is 4.08. The Morgan fingerprint density at radius 3 is 2.33 bits per heavy atom. The van der Waals surface area contributed by atoms with E-state index in [2.05, 4.69) is 5.32 Å². The molecule has 3 rings (SSSR count). The van der Waals surface area contributed by atoms with E-state index in [9.17, 15) is 18.0 Å². The lowest BCUT2D eigenvalue weighted by molar-refractivity contribution is -0.140. The largest absolute Gasteiger partial charge is 0.486 e. The van der Waals surface area contributed by atoms with Crippen molar-refractivity contribution in [1.29, 1.82) is 0 Å². The molecule has 0 unspecified atom stereocenters. The predicted octanol–water partition coefficient (Wildman–Crippen LogP) is 4.50. The molecule has 1 aliphatic rings. The lowest BCUT2D eigenvalue weighted by Crippen LogP contribution is -2.52. The summed E-state index contributed by atoms with van der Waals surface area (Å²) in [6, 6.07) is 8.77. The number of hydrogen-bond donors (Lipinski definition) is 1. The molecule has 39 heavy (non-hydrogen) atoms. The first-order chi connectivity index (χ1) is 18.5. The number of ether oxygens (including phenoxy) is 2. The minimum Gasteiger partial charge on any atom is -0.486 e. The van der Waals surface area contributed by atoms with Crippen LogP contribution in [0.15, 0.2) is 36.4 Å². The normalized spacial score (nSPS) is 13.6. The molecule has 2 aromatic carbocycles. The Balaban J connectivity index is 1.99. The van der Waals surface area contributed by atoms with Crippen LogP contribution in [-0.2, 0) is 26.2 Å². The molecule has 9 nitrogen and oxygen atoms in total. The second-order valence-corrected chi connectivity index (χ2v) is 12.6. The first-order valence-electron chi connectivity index (χ1n) is 12.9. The third-order valence-electron chi connectivity index (χ3n) is 6.22. The maximum Gasteiger partial charge on any atom is 0.244 e. The van der Waals surface area contributed by atoms with Gasteiger partial charge in [0.15, 0.2) is 11.5 Å². The van der Waals surface area contributed by atoms with Gasteiger partial charge in [0.25, 0.3) is 0 Å². The molecule has 214 valence electrons. The molecule has 1 heterocycles. The van der Waals surface area contributed by atoms with E-state index in [4.69, 9.17) is 32.7 Å². The highest BCUT2D eigenvalue weighted by atomic mass is 35.5. The number of carbonyl (C=O) groups is 2. The topological polar surface area (TPSA) is 105 Å². The van der Waals surface area contributed by atoms with Crippen LogP contribution in [0.25, 0.3) is 0 Å². The summed E-state index contributed by atoms with van der Waals surface area (Å²) in [5.41, 5.74) is 0.838. The van der Waals surface area contributed by atoms with Crippen molar-refractivity contribution in [1.82, 2.24) is 10.2 Å². The van der Waals surface area contributed by atoms with Crippen LogP contribution < -0.4 is 19.1 Å². The average Bonchev–Trinajstić information content (AvgIpc) is 2.91. The van der Waals surface area contributed by atoms with E-state index < -0.39 is 28.5 Å². The van der Waals surface area contributed by atoms with E-state index >= 15 is 0 Å². The number of anilines is 1. The van der Waals surface area contributed by atoms with Gasteiger partial charge in [-0.05, 0) is 49.1 Å². The summed E-state index contributed by atoms with van der Waals surface area (Å²) >= 11 is 12.5. The van der Waals surface area contributed by atoms with Crippen LogP contribution >= 0.6 is 23.2 Å². The highest BCUT2D eigenvalue weighted by molar-refractivity contribution is 7.92. The van der Waals surface area contributed by atoms with Crippen molar-refractivity contribution in [2.45, 2.75) is 46.7 Å². The van der Waals surface area contributed by atoms with Crippen molar-refractivity contribution in [3.8, 4) is 11.5 Å². The molecule has 0 aromatic heterocycles. The molecule has 0 radical (unpaired) electrons. The fourth-order valence-corrected chi connectivity index (χ4v) is 5.60. The smallest absolute Gasteiger partial charge is 0.244 e. The van der Waals surface area contributed by atoms with Gasteiger partial charge in [-0.3, -0.25) is 13.9 Å². The maximum atomic E-state index is 13.9. The number of rotatable bonds is 12. The SMILES string of the molecule is CC[C@H](C(=O)NCC(C)C)N(Cc1ccc(Cl)cc1Cl)C(=O)CN(c1ccc2c(c1)OCCO2)S(=O)(=O)CC. The highest BCUT2D eigenvalue weighted by Crippen LogP contribution is 2.35. The molecule has 0 spiro atoms. The number of halogens is 2. The second-order valence-electron chi connectivity index (χ2n) is 9.56. The van der Waals surface area contributed by atoms with Gasteiger partial charge in [0.1, 0.15) is 25.8 Å². The van der Waals surface area contributed by atoms with Crippen molar-refractivity contribution >= 4 is 50.7 Å². The first kappa shape index (κ1) is 30.8. The van der Waals surface area contributed by atoms with Gasteiger partial charge in [0, 0.05) is 29.2 Å². The minimum atomic E-state index is -3.88. The summed E-state index contributed by atoms with van der Waals surface area (Å²) in [6.45, 7) is 7.87. The number of nitrogens with zero attached hydrogens (tertiary/aromatic N) is 2. The summed E-state index contributed by atoms with van der Waals surface area (Å²) in [4.78, 5) is 28.5. The number of hydrogen-bond acceptors (Lipinski definition) is 6. The van der Waals surface area contributed by atoms with Crippen LogP contribution in [0, 0.1) is 5.92 Å². The summed E-state index contributed by atoms with van der Waals surface area (Å²) < 4.78 is 38.6. The summed E-state index contributed by atoms with van der Waals surface area (Å²) in [5.74, 6) is -0.0111. The third kappa shape index (κ3) is 7.93. The van der Waals surface area contributed by atoms with E-state index in [1.165, 1.54) is 11.8 Å². The Morgan fingerprint density at radius 2 is 1.72 bits per heavy atom. The van der Waals surface area contributed by atoms with Gasteiger partial charge >= 0.3 is 0 Å². The van der Waals surface area contributed by atoms with Crippen molar-refractivity contribution < 1.29 is 27.5 Å². The van der Waals surface area contributed by atoms with Crippen LogP contribution in [0.1, 0.15) is 39.7 Å². The van der Waals surface area contributed by atoms with E-state index in [0.29, 0.717) is 53.3 Å². The Morgan fingerprint density at radius 1 is 1.03 bits per heavy atom. The lowest BCUT2D eigenvalue weighted by Gasteiger charge is -2.33. The number of benzene rings is 2. The highest BCUT2D eigenvalue weighted by Gasteiger charge is 2.33. The molecule has 0 fully saturated rings. The maximum absolute atomic E-state index is 13.9. The Bertz CT molecular complexity index is 1290. The summed E-state index contributed by atoms with van der Waals surface area (Å²) in [6.07, 6.45) is 0.311. The molecular formula is C27H35Cl2N3O6S. The van der Waals surface area contributed by atoms with Crippen LogP contribution in [0.4, 0.5) is 5.69 Å². The predicted molar refractivity (Wildman–Crippen MR) is 153 cm³/mol. The number of amides is 2. The molecule has 0 aliphatic carbocycles. The Labute approximate surface area is 240 Å². The molecule has 1 aliphatic heterocycles. The first-order valence-corrected chi connectivity index (χ1v) is 15.2. The number of sulfonamides is 1. The van der Waals surface area contributed by atoms with Crippen LogP contribution in [0.3, 0.4) is 0 Å². The Kier molecular flexibility index (Phi) is 10.7. The molecule has 1 atom stereocenters. The fraction of sp³-hybridized carbons (Fsp3) is 0.481. The van der Waals surface area contributed by atoms with Crippen molar-refractivity contribution in [3.05, 3.63) is 52.0 Å². The van der Waals surface area contributed by atoms with E-state index in [1.54, 1.807) is 43.3 Å². The lowest BCUT2D eigenvalue weighted by atomic mass is 10.1. The van der Waals surface area contributed by atoms with Gasteiger partial charge in [-0.25, -0.2) is 8.42 Å².